The number of imidazole rings is 1. The normalized spacial score (nSPS) is 19.8. The van der Waals surface area contributed by atoms with Gasteiger partial charge in [-0.2, -0.15) is 5.10 Å². The molecule has 1 aromatic carbocycles. The number of methoxy groups -OCH3 is 1. The molecule has 2 atom stereocenters. The number of aromatic carboxylic acids is 1. The molecule has 2 N–H and O–H groups in total. The predicted molar refractivity (Wildman–Crippen MR) is 125 cm³/mol. The van der Waals surface area contributed by atoms with Crippen molar-refractivity contribution >= 4 is 23.3 Å². The minimum absolute atomic E-state index is 0.155. The highest BCUT2D eigenvalue weighted by molar-refractivity contribution is 6.03. The molecule has 0 spiro atoms. The van der Waals surface area contributed by atoms with E-state index >= 15 is 0 Å². The average molecular weight is 447 g/mol. The number of ether oxygens (including phenoxy) is 1. The fourth-order valence-corrected chi connectivity index (χ4v) is 4.57. The first-order chi connectivity index (χ1) is 16.1. The molecule has 2 aromatic heterocycles. The number of nitrogens with one attached hydrogen (secondary N) is 1. The summed E-state index contributed by atoms with van der Waals surface area (Å²) in [5.41, 5.74) is 1.81. The SMILES string of the molecule is COCC1CCCN1c1cccc(NC2CC(c3cccc(C(=O)O)c3)=Nn3ccnc32)n1. The fraction of sp³-hybridized carbons (Fsp3) is 0.333. The Morgan fingerprint density at radius 1 is 1.27 bits per heavy atom. The van der Waals surface area contributed by atoms with Gasteiger partial charge in [0, 0.05) is 32.5 Å². The molecule has 4 heterocycles. The van der Waals surface area contributed by atoms with E-state index in [4.69, 9.17) is 9.72 Å². The summed E-state index contributed by atoms with van der Waals surface area (Å²) in [7, 11) is 1.73. The average Bonchev–Trinajstić information content (AvgIpc) is 3.49. The highest BCUT2D eigenvalue weighted by Crippen LogP contribution is 2.29. The summed E-state index contributed by atoms with van der Waals surface area (Å²) in [6.45, 7) is 1.66. The largest absolute Gasteiger partial charge is 0.478 e. The van der Waals surface area contributed by atoms with Crippen LogP contribution in [0, 0.1) is 0 Å². The van der Waals surface area contributed by atoms with Crippen molar-refractivity contribution in [3.8, 4) is 0 Å². The van der Waals surface area contributed by atoms with Crippen LogP contribution in [-0.2, 0) is 4.74 Å². The zero-order valence-corrected chi connectivity index (χ0v) is 18.4. The topological polar surface area (TPSA) is 105 Å². The minimum Gasteiger partial charge on any atom is -0.478 e. The third-order valence-electron chi connectivity index (χ3n) is 6.12. The second-order valence-corrected chi connectivity index (χ2v) is 8.29. The number of rotatable bonds is 7. The van der Waals surface area contributed by atoms with E-state index < -0.39 is 5.97 Å². The van der Waals surface area contributed by atoms with E-state index in [9.17, 15) is 9.90 Å². The van der Waals surface area contributed by atoms with E-state index in [1.54, 1.807) is 42.4 Å². The van der Waals surface area contributed by atoms with Crippen LogP contribution in [0.2, 0.25) is 0 Å². The summed E-state index contributed by atoms with van der Waals surface area (Å²) < 4.78 is 7.13. The van der Waals surface area contributed by atoms with Crippen molar-refractivity contribution in [3.05, 3.63) is 71.8 Å². The molecule has 1 saturated heterocycles. The molecular weight excluding hydrogens is 420 g/mol. The maximum Gasteiger partial charge on any atom is 0.335 e. The van der Waals surface area contributed by atoms with Crippen molar-refractivity contribution < 1.29 is 14.6 Å². The molecule has 0 amide bonds. The van der Waals surface area contributed by atoms with Crippen molar-refractivity contribution in [2.75, 3.05) is 30.5 Å². The van der Waals surface area contributed by atoms with E-state index in [1.165, 1.54) is 0 Å². The number of fused-ring (bicyclic) bond motifs is 1. The molecule has 0 radical (unpaired) electrons. The molecule has 1 fully saturated rings. The highest BCUT2D eigenvalue weighted by Gasteiger charge is 2.28. The van der Waals surface area contributed by atoms with Crippen molar-refractivity contribution in [1.82, 2.24) is 14.6 Å². The summed E-state index contributed by atoms with van der Waals surface area (Å²) in [6, 6.07) is 13.0. The van der Waals surface area contributed by atoms with Gasteiger partial charge < -0.3 is 20.1 Å². The van der Waals surface area contributed by atoms with Gasteiger partial charge >= 0.3 is 5.97 Å². The molecule has 3 aromatic rings. The smallest absolute Gasteiger partial charge is 0.335 e. The Kier molecular flexibility index (Phi) is 5.78. The summed E-state index contributed by atoms with van der Waals surface area (Å²) in [5.74, 6) is 1.53. The van der Waals surface area contributed by atoms with Crippen LogP contribution in [0.15, 0.2) is 60.0 Å². The van der Waals surface area contributed by atoms with Crippen LogP contribution in [-0.4, -0.2) is 57.7 Å². The number of aromatic nitrogens is 3. The Morgan fingerprint density at radius 3 is 3.00 bits per heavy atom. The fourth-order valence-electron chi connectivity index (χ4n) is 4.57. The second kappa shape index (κ2) is 9.03. The standard InChI is InChI=1S/C24H26N6O3/c1-33-15-18-7-4-11-29(18)22-9-3-8-21(27-22)26-20-14-19(28-30-12-10-25-23(20)30)16-5-2-6-17(13-16)24(31)32/h2-3,5-6,8-10,12-13,18,20H,4,7,11,14-15H2,1H3,(H,26,27)(H,31,32). The van der Waals surface area contributed by atoms with E-state index in [1.807, 2.05) is 24.3 Å². The molecular formula is C24H26N6O3. The molecule has 2 unspecified atom stereocenters. The van der Waals surface area contributed by atoms with Crippen LogP contribution in [0.4, 0.5) is 11.6 Å². The first-order valence-electron chi connectivity index (χ1n) is 11.1. The maximum absolute atomic E-state index is 11.4. The van der Waals surface area contributed by atoms with Gasteiger partial charge in [0.15, 0.2) is 5.82 Å². The lowest BCUT2D eigenvalue weighted by Gasteiger charge is -2.27. The molecule has 2 aliphatic rings. The van der Waals surface area contributed by atoms with Crippen molar-refractivity contribution in [2.24, 2.45) is 5.10 Å². The third-order valence-corrected chi connectivity index (χ3v) is 6.12. The lowest BCUT2D eigenvalue weighted by atomic mass is 9.99. The Balaban J connectivity index is 1.40. The van der Waals surface area contributed by atoms with Gasteiger partial charge in [-0.15, -0.1) is 0 Å². The molecule has 170 valence electrons. The van der Waals surface area contributed by atoms with E-state index in [0.29, 0.717) is 19.1 Å². The van der Waals surface area contributed by atoms with Gasteiger partial charge in [-0.1, -0.05) is 18.2 Å². The van der Waals surface area contributed by atoms with Gasteiger partial charge in [0.1, 0.15) is 11.6 Å². The summed E-state index contributed by atoms with van der Waals surface area (Å²) in [6.07, 6.45) is 6.30. The molecule has 0 aliphatic carbocycles. The van der Waals surface area contributed by atoms with Gasteiger partial charge in [-0.05, 0) is 42.7 Å². The Morgan fingerprint density at radius 2 is 2.15 bits per heavy atom. The van der Waals surface area contributed by atoms with Crippen molar-refractivity contribution in [1.29, 1.82) is 0 Å². The maximum atomic E-state index is 11.4. The number of pyridine rings is 1. The molecule has 0 bridgehead atoms. The van der Waals surface area contributed by atoms with Gasteiger partial charge in [-0.3, -0.25) is 0 Å². The summed E-state index contributed by atoms with van der Waals surface area (Å²) in [4.78, 5) is 23.1. The molecule has 0 saturated carbocycles. The van der Waals surface area contributed by atoms with E-state index in [2.05, 4.69) is 20.3 Å². The number of hydrogen-bond acceptors (Lipinski definition) is 7. The zero-order valence-electron chi connectivity index (χ0n) is 18.4. The number of nitrogens with zero attached hydrogens (tertiary/aromatic N) is 5. The van der Waals surface area contributed by atoms with Crippen LogP contribution in [0.1, 0.15) is 47.1 Å². The molecule has 5 rings (SSSR count). The highest BCUT2D eigenvalue weighted by atomic mass is 16.5. The number of carboxylic acids is 1. The predicted octanol–water partition coefficient (Wildman–Crippen LogP) is 3.40. The number of benzene rings is 1. The number of anilines is 2. The minimum atomic E-state index is -0.957. The zero-order chi connectivity index (χ0) is 22.8. The van der Waals surface area contributed by atoms with Gasteiger partial charge in [-0.25, -0.2) is 19.4 Å². The van der Waals surface area contributed by atoms with Crippen LogP contribution < -0.4 is 10.2 Å². The number of carbonyl (C=O) groups is 1. The molecule has 9 heteroatoms. The quantitative estimate of drug-likeness (QED) is 0.573. The monoisotopic (exact) mass is 446 g/mol. The molecule has 2 aliphatic heterocycles. The first kappa shape index (κ1) is 21.1. The van der Waals surface area contributed by atoms with Crippen molar-refractivity contribution in [3.63, 3.8) is 0 Å². The Bertz CT molecular complexity index is 1190. The lowest BCUT2D eigenvalue weighted by molar-refractivity contribution is 0.0697. The van der Waals surface area contributed by atoms with Crippen LogP contribution in [0.5, 0.6) is 0 Å². The van der Waals surface area contributed by atoms with E-state index in [-0.39, 0.29) is 11.6 Å². The Labute approximate surface area is 191 Å². The van der Waals surface area contributed by atoms with Crippen LogP contribution in [0.3, 0.4) is 0 Å². The first-order valence-corrected chi connectivity index (χ1v) is 11.1. The van der Waals surface area contributed by atoms with Crippen molar-refractivity contribution in [2.45, 2.75) is 31.3 Å². The van der Waals surface area contributed by atoms with Crippen LogP contribution in [0.25, 0.3) is 0 Å². The van der Waals surface area contributed by atoms with Gasteiger partial charge in [0.2, 0.25) is 0 Å². The number of hydrogen-bond donors (Lipinski definition) is 2. The lowest BCUT2D eigenvalue weighted by Crippen LogP contribution is -2.33. The van der Waals surface area contributed by atoms with Crippen LogP contribution >= 0.6 is 0 Å². The third kappa shape index (κ3) is 4.31. The summed E-state index contributed by atoms with van der Waals surface area (Å²) >= 11 is 0. The second-order valence-electron chi connectivity index (χ2n) is 8.29. The van der Waals surface area contributed by atoms with Gasteiger partial charge in [0.05, 0.1) is 30.0 Å². The Hall–Kier alpha value is -3.72. The van der Waals surface area contributed by atoms with Gasteiger partial charge in [0.25, 0.3) is 0 Å². The molecule has 9 nitrogen and oxygen atoms in total. The summed E-state index contributed by atoms with van der Waals surface area (Å²) in [5, 5.41) is 17.6. The molecule has 33 heavy (non-hydrogen) atoms. The van der Waals surface area contributed by atoms with E-state index in [0.717, 1.165) is 48.1 Å². The number of carboxylic acid groups (broad SMARTS) is 1.